The number of carbonyl (C=O) groups is 2. The Balaban J connectivity index is -0.000000384. The predicted molar refractivity (Wildman–Crippen MR) is 98.1 cm³/mol. The summed E-state index contributed by atoms with van der Waals surface area (Å²) >= 11 is 0. The molecule has 0 radical (unpaired) electrons. The Morgan fingerprint density at radius 1 is 0.630 bits per heavy atom. The van der Waals surface area contributed by atoms with Crippen molar-refractivity contribution in [1.29, 1.82) is 0 Å². The van der Waals surface area contributed by atoms with Gasteiger partial charge < -0.3 is 30.8 Å². The van der Waals surface area contributed by atoms with Crippen molar-refractivity contribution >= 4 is 11.9 Å². The van der Waals surface area contributed by atoms with Crippen LogP contribution in [0.4, 0.5) is 0 Å². The number of hydrogen-bond acceptors (Lipinski definition) is 4. The average Bonchev–Trinajstić information content (AvgIpc) is 2.57. The van der Waals surface area contributed by atoms with E-state index in [9.17, 15) is 19.8 Å². The van der Waals surface area contributed by atoms with Crippen molar-refractivity contribution in [3.8, 4) is 0 Å². The molecule has 2 aliphatic rings. The molecule has 2 saturated carbocycles. The maximum Gasteiger partial charge on any atom is 2.00 e. The average molecular weight is 440 g/mol. The van der Waals surface area contributed by atoms with E-state index in [1.807, 2.05) is 0 Å². The monoisotopic (exact) mass is 438 g/mol. The second kappa shape index (κ2) is 20.2. The fraction of sp³-hybridized carbons (Fsp3) is 0.900. The van der Waals surface area contributed by atoms with E-state index in [1.165, 1.54) is 64.2 Å². The van der Waals surface area contributed by atoms with E-state index in [1.54, 1.807) is 0 Å². The van der Waals surface area contributed by atoms with E-state index in [-0.39, 0.29) is 43.3 Å². The topological polar surface area (TPSA) is 143 Å². The summed E-state index contributed by atoms with van der Waals surface area (Å²) in [7, 11) is 0. The van der Waals surface area contributed by atoms with Crippen molar-refractivity contribution < 1.29 is 50.2 Å². The molecule has 2 fully saturated rings. The van der Waals surface area contributed by atoms with Crippen LogP contribution in [0.3, 0.4) is 0 Å². The number of carboxylic acid groups (broad SMARTS) is 2. The zero-order valence-electron chi connectivity index (χ0n) is 16.8. The molecule has 156 valence electrons. The first-order chi connectivity index (χ1) is 11.6. The zero-order valence-corrected chi connectivity index (χ0v) is 19.8. The van der Waals surface area contributed by atoms with Gasteiger partial charge in [-0.15, -0.1) is 0 Å². The third kappa shape index (κ3) is 18.6. The molecule has 0 aromatic rings. The van der Waals surface area contributed by atoms with Gasteiger partial charge in [0.25, 0.3) is 0 Å². The molecule has 4 N–H and O–H groups in total. The molecule has 0 unspecified atom stereocenters. The number of rotatable bonds is 8. The summed E-state index contributed by atoms with van der Waals surface area (Å²) in [6, 6.07) is 0. The minimum Gasteiger partial charge on any atom is -0.550 e. The van der Waals surface area contributed by atoms with Crippen LogP contribution in [0.1, 0.15) is 103 Å². The fourth-order valence-electron chi connectivity index (χ4n) is 4.02. The number of carbonyl (C=O) groups excluding carboxylic acids is 2. The second-order valence-electron chi connectivity index (χ2n) is 7.54. The Morgan fingerprint density at radius 2 is 0.926 bits per heavy atom. The molecule has 0 atom stereocenters. The summed E-state index contributed by atoms with van der Waals surface area (Å²) in [6.45, 7) is 0. The SMILES string of the molecule is O.O.O=C([O-])CCCC1CCCCC1.O=C([O-])CCCC1CCCCC1.[Zn+2]. The van der Waals surface area contributed by atoms with E-state index in [0.29, 0.717) is 0 Å². The molecule has 0 amide bonds. The van der Waals surface area contributed by atoms with Crippen LogP contribution in [-0.4, -0.2) is 22.9 Å². The Hall–Kier alpha value is -0.517. The molecule has 2 aliphatic carbocycles. The van der Waals surface area contributed by atoms with Crippen LogP contribution in [0, 0.1) is 11.8 Å². The van der Waals surface area contributed by atoms with Crippen LogP contribution in [0.25, 0.3) is 0 Å². The molecular weight excluding hydrogens is 402 g/mol. The molecule has 0 bridgehead atoms. The number of carboxylic acids is 2. The van der Waals surface area contributed by atoms with Crippen LogP contribution in [0.5, 0.6) is 0 Å². The summed E-state index contributed by atoms with van der Waals surface area (Å²) < 4.78 is 0. The quantitative estimate of drug-likeness (QED) is 0.525. The van der Waals surface area contributed by atoms with E-state index >= 15 is 0 Å². The molecule has 7 heteroatoms. The van der Waals surface area contributed by atoms with Gasteiger partial charge in [0.2, 0.25) is 0 Å². The van der Waals surface area contributed by atoms with Crippen LogP contribution in [0.15, 0.2) is 0 Å². The zero-order chi connectivity index (χ0) is 17.6. The van der Waals surface area contributed by atoms with E-state index in [0.717, 1.165) is 37.5 Å². The standard InChI is InChI=1S/2C10H18O2.2H2O.Zn/c2*11-10(12)8-4-7-9-5-2-1-3-6-9;;;/h2*9H,1-8H2,(H,11,12);2*1H2;/q;;;;+2/p-2. The van der Waals surface area contributed by atoms with Gasteiger partial charge in [-0.05, 0) is 37.5 Å². The summed E-state index contributed by atoms with van der Waals surface area (Å²) in [4.78, 5) is 20.3. The van der Waals surface area contributed by atoms with Gasteiger partial charge in [-0.1, -0.05) is 77.0 Å². The van der Waals surface area contributed by atoms with E-state index < -0.39 is 11.9 Å². The number of aliphatic carboxylic acids is 2. The Labute approximate surface area is 176 Å². The first-order valence-electron chi connectivity index (χ1n) is 9.97. The molecule has 6 nitrogen and oxygen atoms in total. The predicted octanol–water partition coefficient (Wildman–Crippen LogP) is 1.32. The minimum atomic E-state index is -0.897. The van der Waals surface area contributed by atoms with Crippen LogP contribution < -0.4 is 10.2 Å². The van der Waals surface area contributed by atoms with Gasteiger partial charge in [0, 0.05) is 11.9 Å². The summed E-state index contributed by atoms with van der Waals surface area (Å²) in [5.74, 6) is -0.187. The molecule has 0 aromatic carbocycles. The van der Waals surface area contributed by atoms with Crippen molar-refractivity contribution in [3.63, 3.8) is 0 Å². The van der Waals surface area contributed by atoms with Gasteiger partial charge in [-0.25, -0.2) is 0 Å². The Kier molecular flexibility index (Phi) is 23.4. The summed E-state index contributed by atoms with van der Waals surface area (Å²) in [5.41, 5.74) is 0. The number of hydrogen-bond donors (Lipinski definition) is 0. The fourth-order valence-corrected chi connectivity index (χ4v) is 4.02. The van der Waals surface area contributed by atoms with Crippen molar-refractivity contribution in [3.05, 3.63) is 0 Å². The summed E-state index contributed by atoms with van der Waals surface area (Å²) in [6.07, 6.45) is 17.7. The second-order valence-corrected chi connectivity index (χ2v) is 7.54. The van der Waals surface area contributed by atoms with Crippen molar-refractivity contribution in [2.45, 2.75) is 103 Å². The van der Waals surface area contributed by atoms with Crippen LogP contribution in [0.2, 0.25) is 0 Å². The molecule has 0 heterocycles. The summed E-state index contributed by atoms with van der Waals surface area (Å²) in [5, 5.41) is 20.3. The Bertz CT molecular complexity index is 318. The molecule has 27 heavy (non-hydrogen) atoms. The molecular formula is C20H38O6Zn. The van der Waals surface area contributed by atoms with Gasteiger partial charge in [-0.2, -0.15) is 0 Å². The maximum atomic E-state index is 10.1. The minimum absolute atomic E-state index is 0. The normalized spacial score (nSPS) is 17.2. The third-order valence-corrected chi connectivity index (χ3v) is 5.44. The van der Waals surface area contributed by atoms with E-state index in [4.69, 9.17) is 0 Å². The molecule has 0 aromatic heterocycles. The van der Waals surface area contributed by atoms with Gasteiger partial charge in [0.05, 0.1) is 0 Å². The molecule has 2 rings (SSSR count). The first kappa shape index (κ1) is 31.2. The van der Waals surface area contributed by atoms with Crippen LogP contribution >= 0.6 is 0 Å². The van der Waals surface area contributed by atoms with Gasteiger partial charge >= 0.3 is 19.5 Å². The first-order valence-corrected chi connectivity index (χ1v) is 9.97. The van der Waals surface area contributed by atoms with Gasteiger partial charge in [-0.3, -0.25) is 0 Å². The molecule has 0 spiro atoms. The van der Waals surface area contributed by atoms with E-state index in [2.05, 4.69) is 0 Å². The molecule has 0 aliphatic heterocycles. The molecule has 0 saturated heterocycles. The maximum absolute atomic E-state index is 10.1. The van der Waals surface area contributed by atoms with Crippen molar-refractivity contribution in [2.75, 3.05) is 0 Å². The van der Waals surface area contributed by atoms with Crippen LogP contribution in [-0.2, 0) is 29.1 Å². The largest absolute Gasteiger partial charge is 2.00 e. The van der Waals surface area contributed by atoms with Crippen molar-refractivity contribution in [2.24, 2.45) is 11.8 Å². The van der Waals surface area contributed by atoms with Gasteiger partial charge in [0.15, 0.2) is 0 Å². The smallest absolute Gasteiger partial charge is 0.550 e. The van der Waals surface area contributed by atoms with Gasteiger partial charge in [0.1, 0.15) is 0 Å². The Morgan fingerprint density at radius 3 is 1.19 bits per heavy atom. The third-order valence-electron chi connectivity index (χ3n) is 5.44. The van der Waals surface area contributed by atoms with Crippen molar-refractivity contribution in [1.82, 2.24) is 0 Å².